The minimum Gasteiger partial charge on any atom is -0.284 e. The fourth-order valence-electron chi connectivity index (χ4n) is 1.31. The maximum atomic E-state index is 11.5. The van der Waals surface area contributed by atoms with Crippen molar-refractivity contribution in [3.8, 4) is 0 Å². The Morgan fingerprint density at radius 1 is 1.25 bits per heavy atom. The fourth-order valence-corrected chi connectivity index (χ4v) is 2.98. The minimum absolute atomic E-state index is 0.143. The lowest BCUT2D eigenvalue weighted by molar-refractivity contribution is -0.109. The predicted octanol–water partition coefficient (Wildman–Crippen LogP) is 0.506. The summed E-state index contributed by atoms with van der Waals surface area (Å²) in [6, 6.07) is 0. The Bertz CT molecular complexity index is 252. The van der Waals surface area contributed by atoms with Crippen molar-refractivity contribution in [3.05, 3.63) is 0 Å². The van der Waals surface area contributed by atoms with Gasteiger partial charge in [0.2, 0.25) is 10.0 Å². The van der Waals surface area contributed by atoms with Gasteiger partial charge in [0.25, 0.3) is 0 Å². The zero-order valence-corrected chi connectivity index (χ0v) is 7.72. The molecule has 0 unspecified atom stereocenters. The van der Waals surface area contributed by atoms with Gasteiger partial charge >= 0.3 is 0 Å². The topological polar surface area (TPSA) is 46.6 Å². The summed E-state index contributed by atoms with van der Waals surface area (Å²) in [5, 5.41) is -0.143. The van der Waals surface area contributed by atoms with Crippen LogP contribution in [0, 0.1) is 0 Å². The fraction of sp³-hybridized carbons (Fsp3) is 1.00. The molecule has 1 saturated carbocycles. The normalized spacial score (nSPS) is 27.3. The Balaban J connectivity index is 2.05. The summed E-state index contributed by atoms with van der Waals surface area (Å²) in [4.78, 5) is 5.09. The number of hydroxylamine groups is 1. The van der Waals surface area contributed by atoms with E-state index in [4.69, 9.17) is 4.84 Å². The van der Waals surface area contributed by atoms with Crippen LogP contribution in [-0.2, 0) is 14.9 Å². The van der Waals surface area contributed by atoms with Gasteiger partial charge in [-0.1, -0.05) is 4.47 Å². The Hall–Kier alpha value is -0.130. The van der Waals surface area contributed by atoms with E-state index in [9.17, 15) is 8.42 Å². The maximum absolute atomic E-state index is 11.5. The van der Waals surface area contributed by atoms with Gasteiger partial charge in [0.1, 0.15) is 0 Å². The molecular weight excluding hydrogens is 178 g/mol. The molecule has 2 fully saturated rings. The van der Waals surface area contributed by atoms with Gasteiger partial charge in [-0.3, -0.25) is 4.84 Å². The molecule has 0 aromatic heterocycles. The van der Waals surface area contributed by atoms with E-state index in [1.165, 1.54) is 4.47 Å². The van der Waals surface area contributed by atoms with Gasteiger partial charge in [-0.2, -0.15) is 0 Å². The highest BCUT2D eigenvalue weighted by molar-refractivity contribution is 7.89. The van der Waals surface area contributed by atoms with E-state index in [-0.39, 0.29) is 5.25 Å². The zero-order valence-electron chi connectivity index (χ0n) is 6.90. The molecule has 4 nitrogen and oxygen atoms in total. The first-order chi connectivity index (χ1) is 5.71. The van der Waals surface area contributed by atoms with Crippen molar-refractivity contribution in [1.29, 1.82) is 0 Å². The summed E-state index contributed by atoms with van der Waals surface area (Å²) in [6.07, 6.45) is 3.51. The molecule has 1 saturated heterocycles. The van der Waals surface area contributed by atoms with Crippen LogP contribution in [0.15, 0.2) is 0 Å². The molecule has 1 heterocycles. The van der Waals surface area contributed by atoms with Crippen molar-refractivity contribution >= 4 is 10.0 Å². The monoisotopic (exact) mass is 191 g/mol. The Morgan fingerprint density at radius 2 is 2.00 bits per heavy atom. The number of hydrogen-bond donors (Lipinski definition) is 0. The van der Waals surface area contributed by atoms with Crippen molar-refractivity contribution in [1.82, 2.24) is 4.47 Å². The quantitative estimate of drug-likeness (QED) is 0.638. The highest BCUT2D eigenvalue weighted by atomic mass is 32.2. The van der Waals surface area contributed by atoms with E-state index >= 15 is 0 Å². The molecular formula is C7H13NO3S. The largest absolute Gasteiger partial charge is 0.284 e. The molecule has 0 aromatic rings. The second-order valence-electron chi connectivity index (χ2n) is 3.31. The molecule has 70 valence electrons. The third-order valence-electron chi connectivity index (χ3n) is 2.20. The summed E-state index contributed by atoms with van der Waals surface area (Å²) in [5.41, 5.74) is 0. The van der Waals surface area contributed by atoms with Gasteiger partial charge in [0.05, 0.1) is 11.9 Å². The third kappa shape index (κ3) is 1.48. The average molecular weight is 191 g/mol. The average Bonchev–Trinajstić information content (AvgIpc) is 2.88. The van der Waals surface area contributed by atoms with E-state index in [2.05, 4.69) is 0 Å². The van der Waals surface area contributed by atoms with Gasteiger partial charge in [-0.15, -0.1) is 0 Å². The third-order valence-corrected chi connectivity index (χ3v) is 4.37. The number of hydrogen-bond acceptors (Lipinski definition) is 3. The van der Waals surface area contributed by atoms with Crippen LogP contribution < -0.4 is 0 Å². The molecule has 0 spiro atoms. The van der Waals surface area contributed by atoms with E-state index in [1.54, 1.807) is 0 Å². The Labute approximate surface area is 72.5 Å². The van der Waals surface area contributed by atoms with Crippen LogP contribution in [0.1, 0.15) is 25.7 Å². The standard InChI is InChI=1S/C7H13NO3S/c9-12(10,7-3-4-7)8-5-1-2-6-11-8/h7H,1-6H2. The lowest BCUT2D eigenvalue weighted by Crippen LogP contribution is -2.37. The van der Waals surface area contributed by atoms with E-state index in [0.717, 1.165) is 25.7 Å². The first kappa shape index (κ1) is 8.47. The molecule has 5 heteroatoms. The summed E-state index contributed by atoms with van der Waals surface area (Å²) in [6.45, 7) is 1.09. The number of rotatable bonds is 2. The summed E-state index contributed by atoms with van der Waals surface area (Å²) >= 11 is 0. The van der Waals surface area contributed by atoms with Gasteiger partial charge in [0, 0.05) is 6.54 Å². The summed E-state index contributed by atoms with van der Waals surface area (Å²) in [7, 11) is -3.08. The van der Waals surface area contributed by atoms with Crippen molar-refractivity contribution in [2.75, 3.05) is 13.2 Å². The highest BCUT2D eigenvalue weighted by Gasteiger charge is 2.41. The van der Waals surface area contributed by atoms with Crippen LogP contribution in [0.5, 0.6) is 0 Å². The first-order valence-electron chi connectivity index (χ1n) is 4.36. The number of nitrogens with zero attached hydrogens (tertiary/aromatic N) is 1. The first-order valence-corrected chi connectivity index (χ1v) is 5.86. The van der Waals surface area contributed by atoms with Gasteiger partial charge in [0.15, 0.2) is 0 Å². The van der Waals surface area contributed by atoms with Gasteiger partial charge < -0.3 is 0 Å². The van der Waals surface area contributed by atoms with E-state index in [0.29, 0.717) is 13.2 Å². The lowest BCUT2D eigenvalue weighted by Gasteiger charge is -2.24. The smallest absolute Gasteiger partial charge is 0.238 e. The van der Waals surface area contributed by atoms with Crippen LogP contribution in [-0.4, -0.2) is 31.3 Å². The second kappa shape index (κ2) is 2.97. The lowest BCUT2D eigenvalue weighted by atomic mass is 10.3. The van der Waals surface area contributed by atoms with E-state index < -0.39 is 10.0 Å². The molecule has 0 radical (unpaired) electrons. The summed E-state index contributed by atoms with van der Waals surface area (Å²) < 4.78 is 24.3. The maximum Gasteiger partial charge on any atom is 0.238 e. The Kier molecular flexibility index (Phi) is 2.10. The van der Waals surface area contributed by atoms with Gasteiger partial charge in [-0.05, 0) is 25.7 Å². The van der Waals surface area contributed by atoms with Crippen LogP contribution in [0.25, 0.3) is 0 Å². The SMILES string of the molecule is O=S(=O)(C1CC1)N1CCCCO1. The molecule has 1 aliphatic carbocycles. The molecule has 2 aliphatic rings. The molecule has 0 aromatic carbocycles. The van der Waals surface area contributed by atoms with Crippen molar-refractivity contribution in [2.45, 2.75) is 30.9 Å². The molecule has 0 N–H and O–H groups in total. The second-order valence-corrected chi connectivity index (χ2v) is 5.41. The molecule has 1 aliphatic heterocycles. The molecule has 0 amide bonds. The van der Waals surface area contributed by atoms with Crippen LogP contribution in [0.4, 0.5) is 0 Å². The van der Waals surface area contributed by atoms with Crippen molar-refractivity contribution in [2.24, 2.45) is 0 Å². The summed E-state index contributed by atoms with van der Waals surface area (Å²) in [5.74, 6) is 0. The predicted molar refractivity (Wildman–Crippen MR) is 43.8 cm³/mol. The van der Waals surface area contributed by atoms with E-state index in [1.807, 2.05) is 0 Å². The molecule has 0 atom stereocenters. The highest BCUT2D eigenvalue weighted by Crippen LogP contribution is 2.31. The minimum atomic E-state index is -3.08. The van der Waals surface area contributed by atoms with Crippen molar-refractivity contribution < 1.29 is 13.3 Å². The molecule has 2 rings (SSSR count). The van der Waals surface area contributed by atoms with Crippen LogP contribution >= 0.6 is 0 Å². The zero-order chi connectivity index (χ0) is 8.60. The molecule has 12 heavy (non-hydrogen) atoms. The number of sulfonamides is 1. The van der Waals surface area contributed by atoms with Gasteiger partial charge in [-0.25, -0.2) is 8.42 Å². The van der Waals surface area contributed by atoms with Crippen LogP contribution in [0.2, 0.25) is 0 Å². The van der Waals surface area contributed by atoms with Crippen molar-refractivity contribution in [3.63, 3.8) is 0 Å². The van der Waals surface area contributed by atoms with Crippen LogP contribution in [0.3, 0.4) is 0 Å². The Morgan fingerprint density at radius 3 is 2.50 bits per heavy atom. The molecule has 0 bridgehead atoms.